The van der Waals surface area contributed by atoms with Gasteiger partial charge in [-0.25, -0.2) is 4.79 Å². The van der Waals surface area contributed by atoms with Gasteiger partial charge >= 0.3 is 6.03 Å². The molecule has 1 aliphatic heterocycles. The molecule has 1 heterocycles. The smallest absolute Gasteiger partial charge is 0.318 e. The van der Waals surface area contributed by atoms with Crippen LogP contribution in [-0.2, 0) is 4.79 Å². The van der Waals surface area contributed by atoms with Crippen LogP contribution in [0.1, 0.15) is 38.5 Å². The number of primary amides is 1. The standard InChI is InChI=1S/C13H24N4O2/c14-12(18)9-17(11-5-7-15-8-6-11)13(19)16-10-3-1-2-4-10/h10-11,15H,1-9H2,(H2,14,18)(H,16,19). The quantitative estimate of drug-likeness (QED) is 0.679. The van der Waals surface area contributed by atoms with Gasteiger partial charge in [0, 0.05) is 12.1 Å². The molecule has 0 aromatic heterocycles. The van der Waals surface area contributed by atoms with E-state index in [1.807, 2.05) is 0 Å². The molecule has 0 unspecified atom stereocenters. The Kier molecular flexibility index (Phi) is 5.01. The number of urea groups is 1. The second-order valence-electron chi connectivity index (χ2n) is 5.51. The summed E-state index contributed by atoms with van der Waals surface area (Å²) in [5, 5.41) is 6.30. The molecule has 108 valence electrons. The molecular formula is C13H24N4O2. The van der Waals surface area contributed by atoms with E-state index in [4.69, 9.17) is 5.73 Å². The largest absolute Gasteiger partial charge is 0.368 e. The Balaban J connectivity index is 1.94. The highest BCUT2D eigenvalue weighted by Crippen LogP contribution is 2.19. The molecule has 0 bridgehead atoms. The Labute approximate surface area is 114 Å². The third-order valence-electron chi connectivity index (χ3n) is 4.02. The van der Waals surface area contributed by atoms with Crippen molar-refractivity contribution in [3.8, 4) is 0 Å². The van der Waals surface area contributed by atoms with Crippen LogP contribution in [0.4, 0.5) is 4.79 Å². The molecule has 2 rings (SSSR count). The Morgan fingerprint density at radius 2 is 1.79 bits per heavy atom. The maximum Gasteiger partial charge on any atom is 0.318 e. The number of rotatable bonds is 4. The first kappa shape index (κ1) is 14.1. The lowest BCUT2D eigenvalue weighted by atomic mass is 10.1. The number of hydrogen-bond donors (Lipinski definition) is 3. The highest BCUT2D eigenvalue weighted by atomic mass is 16.2. The van der Waals surface area contributed by atoms with Crippen molar-refractivity contribution in [2.24, 2.45) is 5.73 Å². The van der Waals surface area contributed by atoms with E-state index < -0.39 is 5.91 Å². The van der Waals surface area contributed by atoms with Crippen molar-refractivity contribution in [1.82, 2.24) is 15.5 Å². The summed E-state index contributed by atoms with van der Waals surface area (Å²) < 4.78 is 0. The number of hydrogen-bond acceptors (Lipinski definition) is 3. The van der Waals surface area contributed by atoms with E-state index in [1.54, 1.807) is 4.90 Å². The molecule has 6 nitrogen and oxygen atoms in total. The first-order chi connectivity index (χ1) is 9.16. The Morgan fingerprint density at radius 3 is 2.37 bits per heavy atom. The van der Waals surface area contributed by atoms with Crippen LogP contribution < -0.4 is 16.4 Å². The second-order valence-corrected chi connectivity index (χ2v) is 5.51. The van der Waals surface area contributed by atoms with Gasteiger partial charge in [-0.1, -0.05) is 12.8 Å². The average Bonchev–Trinajstić information content (AvgIpc) is 2.89. The van der Waals surface area contributed by atoms with Gasteiger partial charge < -0.3 is 21.3 Å². The molecule has 0 aromatic carbocycles. The Hall–Kier alpha value is -1.30. The summed E-state index contributed by atoms with van der Waals surface area (Å²) >= 11 is 0. The summed E-state index contributed by atoms with van der Waals surface area (Å²) in [6, 6.07) is 0.261. The topological polar surface area (TPSA) is 87.5 Å². The zero-order valence-electron chi connectivity index (χ0n) is 11.4. The van der Waals surface area contributed by atoms with Gasteiger partial charge in [-0.15, -0.1) is 0 Å². The Morgan fingerprint density at radius 1 is 1.16 bits per heavy atom. The zero-order chi connectivity index (χ0) is 13.7. The number of amides is 3. The summed E-state index contributed by atoms with van der Waals surface area (Å²) in [5.74, 6) is -0.444. The van der Waals surface area contributed by atoms with Crippen molar-refractivity contribution in [2.75, 3.05) is 19.6 Å². The van der Waals surface area contributed by atoms with Crippen LogP contribution >= 0.6 is 0 Å². The number of carbonyl (C=O) groups excluding carboxylic acids is 2. The first-order valence-corrected chi connectivity index (χ1v) is 7.23. The van der Waals surface area contributed by atoms with Crippen LogP contribution in [0.3, 0.4) is 0 Å². The number of nitrogens with two attached hydrogens (primary N) is 1. The van der Waals surface area contributed by atoms with Crippen LogP contribution in [0.5, 0.6) is 0 Å². The van der Waals surface area contributed by atoms with E-state index in [9.17, 15) is 9.59 Å². The molecule has 3 amide bonds. The summed E-state index contributed by atoms with van der Waals surface area (Å²) in [6.45, 7) is 1.79. The molecule has 2 fully saturated rings. The van der Waals surface area contributed by atoms with E-state index in [0.717, 1.165) is 38.8 Å². The first-order valence-electron chi connectivity index (χ1n) is 7.23. The van der Waals surface area contributed by atoms with Crippen LogP contribution in [0.25, 0.3) is 0 Å². The highest BCUT2D eigenvalue weighted by Gasteiger charge is 2.28. The predicted molar refractivity (Wildman–Crippen MR) is 72.6 cm³/mol. The molecule has 6 heteroatoms. The third kappa shape index (κ3) is 4.09. The SMILES string of the molecule is NC(=O)CN(C(=O)NC1CCCC1)C1CCNCC1. The summed E-state index contributed by atoms with van der Waals surface area (Å²) in [6.07, 6.45) is 6.20. The molecule has 1 saturated carbocycles. The van der Waals surface area contributed by atoms with Crippen LogP contribution in [0.15, 0.2) is 0 Å². The monoisotopic (exact) mass is 268 g/mol. The molecule has 1 aliphatic carbocycles. The summed E-state index contributed by atoms with van der Waals surface area (Å²) in [5.41, 5.74) is 5.27. The molecule has 4 N–H and O–H groups in total. The Bertz CT molecular complexity index is 323. The van der Waals surface area contributed by atoms with Gasteiger partial charge in [0.05, 0.1) is 0 Å². The van der Waals surface area contributed by atoms with Gasteiger partial charge in [0.25, 0.3) is 0 Å². The van der Waals surface area contributed by atoms with E-state index in [0.29, 0.717) is 0 Å². The number of nitrogens with zero attached hydrogens (tertiary/aromatic N) is 1. The third-order valence-corrected chi connectivity index (χ3v) is 4.02. The minimum absolute atomic E-state index is 0.0171. The number of piperidine rings is 1. The molecule has 0 spiro atoms. The van der Waals surface area contributed by atoms with Gasteiger partial charge in [-0.2, -0.15) is 0 Å². The molecule has 0 radical (unpaired) electrons. The fraction of sp³-hybridized carbons (Fsp3) is 0.846. The molecule has 2 aliphatic rings. The highest BCUT2D eigenvalue weighted by molar-refractivity contribution is 5.83. The van der Waals surface area contributed by atoms with Gasteiger partial charge in [-0.3, -0.25) is 4.79 Å². The number of carbonyl (C=O) groups is 2. The minimum atomic E-state index is -0.444. The van der Waals surface area contributed by atoms with Crippen molar-refractivity contribution in [2.45, 2.75) is 50.6 Å². The normalized spacial score (nSPS) is 21.3. The second kappa shape index (κ2) is 6.75. The summed E-state index contributed by atoms with van der Waals surface area (Å²) in [7, 11) is 0. The molecule has 0 aromatic rings. The lowest BCUT2D eigenvalue weighted by Gasteiger charge is -2.34. The fourth-order valence-electron chi connectivity index (χ4n) is 2.98. The van der Waals surface area contributed by atoms with Crippen LogP contribution in [0.2, 0.25) is 0 Å². The molecule has 0 atom stereocenters. The van der Waals surface area contributed by atoms with E-state index in [1.165, 1.54) is 12.8 Å². The van der Waals surface area contributed by atoms with Crippen LogP contribution in [0, 0.1) is 0 Å². The maximum absolute atomic E-state index is 12.3. The molecular weight excluding hydrogens is 244 g/mol. The van der Waals surface area contributed by atoms with Gasteiger partial charge in [-0.05, 0) is 38.8 Å². The molecule has 1 saturated heterocycles. The maximum atomic E-state index is 12.3. The molecule has 19 heavy (non-hydrogen) atoms. The van der Waals surface area contributed by atoms with Crippen molar-refractivity contribution < 1.29 is 9.59 Å². The van der Waals surface area contributed by atoms with Crippen LogP contribution in [-0.4, -0.2) is 48.6 Å². The van der Waals surface area contributed by atoms with Crippen molar-refractivity contribution in [3.05, 3.63) is 0 Å². The lowest BCUT2D eigenvalue weighted by Crippen LogP contribution is -2.54. The van der Waals surface area contributed by atoms with Crippen molar-refractivity contribution in [1.29, 1.82) is 0 Å². The fourth-order valence-corrected chi connectivity index (χ4v) is 2.98. The van der Waals surface area contributed by atoms with Gasteiger partial charge in [0.1, 0.15) is 6.54 Å². The summed E-state index contributed by atoms with van der Waals surface area (Å²) in [4.78, 5) is 25.1. The van der Waals surface area contributed by atoms with Gasteiger partial charge in [0.2, 0.25) is 5.91 Å². The van der Waals surface area contributed by atoms with Crippen molar-refractivity contribution >= 4 is 11.9 Å². The van der Waals surface area contributed by atoms with E-state index >= 15 is 0 Å². The van der Waals surface area contributed by atoms with E-state index in [2.05, 4.69) is 10.6 Å². The van der Waals surface area contributed by atoms with E-state index in [-0.39, 0.29) is 24.7 Å². The minimum Gasteiger partial charge on any atom is -0.368 e. The lowest BCUT2D eigenvalue weighted by molar-refractivity contribution is -0.119. The van der Waals surface area contributed by atoms with Gasteiger partial charge in [0.15, 0.2) is 0 Å². The average molecular weight is 268 g/mol. The number of nitrogens with one attached hydrogen (secondary N) is 2. The van der Waals surface area contributed by atoms with Crippen molar-refractivity contribution in [3.63, 3.8) is 0 Å². The predicted octanol–water partition coefficient (Wildman–Crippen LogP) is 0.178. The zero-order valence-corrected chi connectivity index (χ0v) is 11.4.